The normalized spacial score (nSPS) is 24.8. The van der Waals surface area contributed by atoms with Crippen LogP contribution in [0.1, 0.15) is 51.4 Å². The van der Waals surface area contributed by atoms with Crippen molar-refractivity contribution in [3.05, 3.63) is 0 Å². The van der Waals surface area contributed by atoms with Gasteiger partial charge in [0.05, 0.1) is 0 Å². The maximum absolute atomic E-state index is 2.85. The van der Waals surface area contributed by atoms with Crippen LogP contribution < -0.4 is 0 Å². The molecule has 1 nitrogen and oxygen atoms in total. The molecule has 0 amide bonds. The highest BCUT2D eigenvalue weighted by Crippen LogP contribution is 2.13. The Morgan fingerprint density at radius 1 is 0.583 bits per heavy atom. The molecule has 0 aliphatic carbocycles. The summed E-state index contributed by atoms with van der Waals surface area (Å²) in [5.74, 6) is 0. The lowest BCUT2D eigenvalue weighted by Gasteiger charge is -2.14. The fourth-order valence-electron chi connectivity index (χ4n) is 1.80. The number of nitrogens with zero attached hydrogens (tertiary/aromatic N) is 1. The first-order valence-corrected chi connectivity index (χ1v) is 5.91. The predicted octanol–water partition coefficient (Wildman–Crippen LogP) is 3.21. The summed E-state index contributed by atoms with van der Waals surface area (Å²) in [5, 5.41) is 0. The zero-order valence-electron chi connectivity index (χ0n) is 8.10. The molecule has 0 spiro atoms. The number of hydrogen-bond donors (Lipinski definition) is 0. The molecular weight excluding hydrogens is 165 g/mol. The van der Waals surface area contributed by atoms with E-state index in [2.05, 4.69) is 14.1 Å². The van der Waals surface area contributed by atoms with Gasteiger partial charge in [-0.1, -0.05) is 47.9 Å². The van der Waals surface area contributed by atoms with Gasteiger partial charge in [-0.15, -0.1) is 0 Å². The van der Waals surface area contributed by atoms with Crippen molar-refractivity contribution in [2.75, 3.05) is 13.1 Å². The molecule has 1 rings (SSSR count). The third-order valence-electron chi connectivity index (χ3n) is 2.64. The van der Waals surface area contributed by atoms with E-state index in [-0.39, 0.29) is 0 Å². The molecule has 2 heteroatoms. The maximum Gasteiger partial charge on any atom is 0.00161 e. The summed E-state index contributed by atoms with van der Waals surface area (Å²) in [6.45, 7) is 2.56. The highest BCUT2D eigenvalue weighted by atomic mass is 31.0. The highest BCUT2D eigenvalue weighted by Gasteiger charge is 2.00. The minimum atomic E-state index is 1.28. The molecule has 0 aromatic heterocycles. The Labute approximate surface area is 79.2 Å². The Kier molecular flexibility index (Phi) is 5.98. The smallest absolute Gasteiger partial charge is 0.00161 e. The summed E-state index contributed by atoms with van der Waals surface area (Å²) >= 11 is 0. The lowest BCUT2D eigenvalue weighted by atomic mass is 10.1. The second kappa shape index (κ2) is 6.86. The second-order valence-corrected chi connectivity index (χ2v) is 4.59. The van der Waals surface area contributed by atoms with Crippen LogP contribution in [-0.2, 0) is 0 Å². The van der Waals surface area contributed by atoms with Crippen molar-refractivity contribution in [1.82, 2.24) is 4.67 Å². The lowest BCUT2D eigenvalue weighted by molar-refractivity contribution is 0.437. The van der Waals surface area contributed by atoms with Crippen molar-refractivity contribution in [2.24, 2.45) is 0 Å². The minimum Gasteiger partial charge on any atom is -0.287 e. The first-order valence-electron chi connectivity index (χ1n) is 5.39. The van der Waals surface area contributed by atoms with E-state index in [1.54, 1.807) is 0 Å². The molecule has 0 radical (unpaired) electrons. The molecule has 0 saturated carbocycles. The van der Waals surface area contributed by atoms with E-state index >= 15 is 0 Å². The maximum atomic E-state index is 2.85. The number of hydrogen-bond acceptors (Lipinski definition) is 1. The third-order valence-corrected chi connectivity index (χ3v) is 3.16. The van der Waals surface area contributed by atoms with Gasteiger partial charge in [0.2, 0.25) is 0 Å². The monoisotopic (exact) mass is 187 g/mol. The Morgan fingerprint density at radius 2 is 0.917 bits per heavy atom. The summed E-state index contributed by atoms with van der Waals surface area (Å²) in [7, 11) is 2.85. The average Bonchev–Trinajstić information content (AvgIpc) is 2.11. The molecule has 0 bridgehead atoms. The van der Waals surface area contributed by atoms with E-state index in [9.17, 15) is 0 Å². The van der Waals surface area contributed by atoms with Gasteiger partial charge in [0.15, 0.2) is 0 Å². The van der Waals surface area contributed by atoms with Gasteiger partial charge in [0, 0.05) is 13.1 Å². The van der Waals surface area contributed by atoms with Gasteiger partial charge in [-0.3, -0.25) is 4.67 Å². The summed E-state index contributed by atoms with van der Waals surface area (Å²) in [6, 6.07) is 0. The van der Waals surface area contributed by atoms with Gasteiger partial charge in [-0.05, 0) is 12.8 Å². The molecule has 1 unspecified atom stereocenters. The molecule has 0 N–H and O–H groups in total. The quantitative estimate of drug-likeness (QED) is 0.526. The molecule has 72 valence electrons. The Hall–Kier alpha value is 0.390. The minimum absolute atomic E-state index is 1.28. The molecule has 0 aromatic rings. The van der Waals surface area contributed by atoms with Crippen molar-refractivity contribution in [3.63, 3.8) is 0 Å². The van der Waals surface area contributed by atoms with Crippen molar-refractivity contribution in [1.29, 1.82) is 0 Å². The Balaban J connectivity index is 2.13. The van der Waals surface area contributed by atoms with E-state index in [1.807, 2.05) is 0 Å². The van der Waals surface area contributed by atoms with Gasteiger partial charge < -0.3 is 0 Å². The molecule has 1 heterocycles. The van der Waals surface area contributed by atoms with Crippen LogP contribution in [0.3, 0.4) is 0 Å². The topological polar surface area (TPSA) is 3.24 Å². The van der Waals surface area contributed by atoms with Gasteiger partial charge >= 0.3 is 0 Å². The predicted molar refractivity (Wildman–Crippen MR) is 58.2 cm³/mol. The molecule has 1 aliphatic rings. The zero-order chi connectivity index (χ0) is 8.65. The van der Waals surface area contributed by atoms with Crippen LogP contribution in [0.2, 0.25) is 0 Å². The van der Waals surface area contributed by atoms with Gasteiger partial charge in [-0.2, -0.15) is 0 Å². The van der Waals surface area contributed by atoms with Crippen LogP contribution in [0.15, 0.2) is 0 Å². The molecule has 1 fully saturated rings. The van der Waals surface area contributed by atoms with Gasteiger partial charge in [0.1, 0.15) is 0 Å². The molecule has 0 aromatic carbocycles. The second-order valence-electron chi connectivity index (χ2n) is 3.86. The standard InChI is InChI=1S/C10H22NP/c12-11-9-7-5-3-1-2-4-6-8-10-11/h1-10,12H2. The third kappa shape index (κ3) is 5.11. The fraction of sp³-hybridized carbons (Fsp3) is 1.00. The first-order chi connectivity index (χ1) is 5.89. The summed E-state index contributed by atoms with van der Waals surface area (Å²) in [6.07, 6.45) is 11.5. The highest BCUT2D eigenvalue weighted by molar-refractivity contribution is 7.13. The largest absolute Gasteiger partial charge is 0.287 e. The van der Waals surface area contributed by atoms with Crippen LogP contribution in [-0.4, -0.2) is 17.8 Å². The van der Waals surface area contributed by atoms with E-state index in [0.29, 0.717) is 0 Å². The van der Waals surface area contributed by atoms with Gasteiger partial charge in [-0.25, -0.2) is 0 Å². The summed E-state index contributed by atoms with van der Waals surface area (Å²) < 4.78 is 2.41. The van der Waals surface area contributed by atoms with Crippen LogP contribution >= 0.6 is 9.39 Å². The lowest BCUT2D eigenvalue weighted by Crippen LogP contribution is -2.13. The first kappa shape index (κ1) is 10.5. The molecule has 1 atom stereocenters. The van der Waals surface area contributed by atoms with Crippen molar-refractivity contribution in [3.8, 4) is 0 Å². The summed E-state index contributed by atoms with van der Waals surface area (Å²) in [4.78, 5) is 0. The molecule has 1 saturated heterocycles. The van der Waals surface area contributed by atoms with E-state index < -0.39 is 0 Å². The Morgan fingerprint density at radius 3 is 1.33 bits per heavy atom. The summed E-state index contributed by atoms with van der Waals surface area (Å²) in [5.41, 5.74) is 0. The van der Waals surface area contributed by atoms with Crippen LogP contribution in [0.25, 0.3) is 0 Å². The van der Waals surface area contributed by atoms with Crippen LogP contribution in [0, 0.1) is 0 Å². The molecule has 12 heavy (non-hydrogen) atoms. The Bertz CT molecular complexity index is 94.0. The molecule has 1 aliphatic heterocycles. The van der Waals surface area contributed by atoms with E-state index in [1.165, 1.54) is 64.5 Å². The van der Waals surface area contributed by atoms with Crippen LogP contribution in [0.5, 0.6) is 0 Å². The van der Waals surface area contributed by atoms with Crippen molar-refractivity contribution in [2.45, 2.75) is 51.4 Å². The van der Waals surface area contributed by atoms with Crippen molar-refractivity contribution < 1.29 is 0 Å². The van der Waals surface area contributed by atoms with Crippen LogP contribution in [0.4, 0.5) is 0 Å². The number of rotatable bonds is 0. The average molecular weight is 187 g/mol. The zero-order valence-corrected chi connectivity index (χ0v) is 9.25. The SMILES string of the molecule is PN1CCCCCCCCCC1. The van der Waals surface area contributed by atoms with Crippen molar-refractivity contribution >= 4 is 9.39 Å². The van der Waals surface area contributed by atoms with E-state index in [4.69, 9.17) is 0 Å². The van der Waals surface area contributed by atoms with E-state index in [0.717, 1.165) is 0 Å². The van der Waals surface area contributed by atoms with Gasteiger partial charge in [0.25, 0.3) is 0 Å². The molecular formula is C10H22NP. The fourth-order valence-corrected chi connectivity index (χ4v) is 2.17.